The van der Waals surface area contributed by atoms with Crippen LogP contribution in [0.4, 0.5) is 10.1 Å². The van der Waals surface area contributed by atoms with E-state index in [1.807, 2.05) is 6.08 Å². The van der Waals surface area contributed by atoms with E-state index in [1.54, 1.807) is 12.3 Å². The van der Waals surface area contributed by atoms with Crippen molar-refractivity contribution in [2.75, 3.05) is 12.3 Å². The summed E-state index contributed by atoms with van der Waals surface area (Å²) in [6.45, 7) is 4.66. The molecule has 0 saturated heterocycles. The van der Waals surface area contributed by atoms with Gasteiger partial charge in [0, 0.05) is 12.2 Å². The van der Waals surface area contributed by atoms with Crippen LogP contribution in [0.5, 0.6) is 0 Å². The fourth-order valence-corrected chi connectivity index (χ4v) is 2.53. The molecule has 1 aromatic carbocycles. The van der Waals surface area contributed by atoms with E-state index in [0.717, 1.165) is 18.5 Å². The Morgan fingerprint density at radius 2 is 2.15 bits per heavy atom. The molecule has 0 aromatic heterocycles. The molecule has 108 valence electrons. The molecule has 0 bridgehead atoms. The maximum Gasteiger partial charge on any atom is 0.123 e. The van der Waals surface area contributed by atoms with Crippen molar-refractivity contribution in [3.8, 4) is 0 Å². The molecule has 0 radical (unpaired) electrons. The predicted octanol–water partition coefficient (Wildman–Crippen LogP) is 4.10. The molecule has 2 nitrogen and oxygen atoms in total. The summed E-state index contributed by atoms with van der Waals surface area (Å²) < 4.78 is 13.1. The minimum atomic E-state index is -0.243. The van der Waals surface area contributed by atoms with Crippen molar-refractivity contribution in [2.24, 2.45) is 5.41 Å². The van der Waals surface area contributed by atoms with Crippen molar-refractivity contribution in [1.82, 2.24) is 5.32 Å². The Bertz CT molecular complexity index is 490. The van der Waals surface area contributed by atoms with E-state index in [4.69, 9.17) is 5.73 Å². The lowest BCUT2D eigenvalue weighted by Gasteiger charge is -2.13. The zero-order valence-electron chi connectivity index (χ0n) is 11.9. The average Bonchev–Trinajstić information content (AvgIpc) is 3.19. The molecule has 20 heavy (non-hydrogen) atoms. The molecule has 1 saturated carbocycles. The summed E-state index contributed by atoms with van der Waals surface area (Å²) in [5.74, 6) is -0.243. The van der Waals surface area contributed by atoms with Gasteiger partial charge in [0.1, 0.15) is 5.82 Å². The number of benzene rings is 1. The van der Waals surface area contributed by atoms with Gasteiger partial charge in [0.15, 0.2) is 0 Å². The monoisotopic (exact) mass is 274 g/mol. The van der Waals surface area contributed by atoms with E-state index >= 15 is 0 Å². The minimum absolute atomic E-state index is 0.243. The Morgan fingerprint density at radius 1 is 1.35 bits per heavy atom. The molecule has 1 fully saturated rings. The Kier molecular flexibility index (Phi) is 4.83. The third-order valence-electron chi connectivity index (χ3n) is 4.09. The summed E-state index contributed by atoms with van der Waals surface area (Å²) in [4.78, 5) is 0. The first-order valence-corrected chi connectivity index (χ1v) is 7.21. The summed E-state index contributed by atoms with van der Waals surface area (Å²) >= 11 is 0. The van der Waals surface area contributed by atoms with Gasteiger partial charge in [-0.15, -0.1) is 0 Å². The molecule has 0 aliphatic heterocycles. The second kappa shape index (κ2) is 6.60. The van der Waals surface area contributed by atoms with Gasteiger partial charge in [-0.05, 0) is 67.5 Å². The number of rotatable bonds is 8. The maximum atomic E-state index is 13.1. The first-order chi connectivity index (χ1) is 9.65. The molecular weight excluding hydrogens is 251 g/mol. The molecule has 0 amide bonds. The highest BCUT2D eigenvalue weighted by molar-refractivity contribution is 5.64. The molecule has 3 N–H and O–H groups in total. The number of nitrogen functional groups attached to an aromatic ring is 1. The SMILES string of the molecule is C=CNCCC1(CC/C=C/c2cc(F)ccc2N)CC1. The van der Waals surface area contributed by atoms with Crippen LogP contribution in [0.2, 0.25) is 0 Å². The molecular formula is C17H23FN2. The first-order valence-electron chi connectivity index (χ1n) is 7.21. The Hall–Kier alpha value is -1.77. The first kappa shape index (κ1) is 14.6. The highest BCUT2D eigenvalue weighted by Gasteiger charge is 2.40. The van der Waals surface area contributed by atoms with Crippen LogP contribution in [0.1, 0.15) is 37.7 Å². The maximum absolute atomic E-state index is 13.1. The van der Waals surface area contributed by atoms with Crippen molar-refractivity contribution in [3.63, 3.8) is 0 Å². The van der Waals surface area contributed by atoms with Gasteiger partial charge in [-0.25, -0.2) is 4.39 Å². The number of anilines is 1. The van der Waals surface area contributed by atoms with Gasteiger partial charge in [-0.1, -0.05) is 18.7 Å². The van der Waals surface area contributed by atoms with Crippen molar-refractivity contribution in [1.29, 1.82) is 0 Å². The van der Waals surface area contributed by atoms with E-state index in [0.29, 0.717) is 11.1 Å². The average molecular weight is 274 g/mol. The fourth-order valence-electron chi connectivity index (χ4n) is 2.53. The largest absolute Gasteiger partial charge is 0.398 e. The quantitative estimate of drug-likeness (QED) is 0.553. The third-order valence-corrected chi connectivity index (χ3v) is 4.09. The zero-order valence-corrected chi connectivity index (χ0v) is 11.9. The number of nitrogens with two attached hydrogens (primary N) is 1. The van der Waals surface area contributed by atoms with Crippen LogP contribution in [-0.2, 0) is 0 Å². The highest BCUT2D eigenvalue weighted by atomic mass is 19.1. The number of hydrogen-bond acceptors (Lipinski definition) is 2. The van der Waals surface area contributed by atoms with E-state index in [1.165, 1.54) is 37.8 Å². The predicted molar refractivity (Wildman–Crippen MR) is 83.6 cm³/mol. The molecule has 0 heterocycles. The minimum Gasteiger partial charge on any atom is -0.398 e. The lowest BCUT2D eigenvalue weighted by Crippen LogP contribution is -2.12. The van der Waals surface area contributed by atoms with Crippen molar-refractivity contribution >= 4 is 11.8 Å². The third kappa shape index (κ3) is 4.12. The number of hydrogen-bond donors (Lipinski definition) is 2. The van der Waals surface area contributed by atoms with Crippen LogP contribution in [-0.4, -0.2) is 6.54 Å². The molecule has 2 rings (SSSR count). The number of halogens is 1. The summed E-state index contributed by atoms with van der Waals surface area (Å²) in [5, 5.41) is 3.16. The van der Waals surface area contributed by atoms with Gasteiger partial charge in [-0.3, -0.25) is 0 Å². The lowest BCUT2D eigenvalue weighted by molar-refractivity contribution is 0.429. The molecule has 1 aliphatic rings. The van der Waals surface area contributed by atoms with Crippen LogP contribution in [0.25, 0.3) is 6.08 Å². The molecule has 1 aliphatic carbocycles. The Morgan fingerprint density at radius 3 is 2.85 bits per heavy atom. The van der Waals surface area contributed by atoms with Crippen molar-refractivity contribution in [3.05, 3.63) is 48.4 Å². The van der Waals surface area contributed by atoms with Crippen LogP contribution in [0.15, 0.2) is 37.1 Å². The molecule has 3 heteroatoms. The van der Waals surface area contributed by atoms with Crippen LogP contribution < -0.4 is 11.1 Å². The zero-order chi connectivity index (χ0) is 14.4. The lowest BCUT2D eigenvalue weighted by atomic mass is 9.96. The number of allylic oxidation sites excluding steroid dienone is 1. The molecule has 0 spiro atoms. The van der Waals surface area contributed by atoms with Gasteiger partial charge in [0.05, 0.1) is 0 Å². The van der Waals surface area contributed by atoms with Crippen LogP contribution >= 0.6 is 0 Å². The summed E-state index contributed by atoms with van der Waals surface area (Å²) in [6.07, 6.45) is 11.8. The van der Waals surface area contributed by atoms with Crippen molar-refractivity contribution < 1.29 is 4.39 Å². The van der Waals surface area contributed by atoms with Crippen molar-refractivity contribution in [2.45, 2.75) is 32.1 Å². The van der Waals surface area contributed by atoms with Gasteiger partial charge < -0.3 is 11.1 Å². The standard InChI is InChI=1S/C17H23FN2/c1-2-20-12-11-17(9-10-17)8-4-3-5-14-13-15(18)6-7-16(14)19/h2-3,5-7,13,20H,1,4,8-12,19H2/b5-3+. The van der Waals surface area contributed by atoms with Crippen LogP contribution in [0.3, 0.4) is 0 Å². The topological polar surface area (TPSA) is 38.0 Å². The van der Waals surface area contributed by atoms with E-state index < -0.39 is 0 Å². The normalized spacial score (nSPS) is 16.2. The summed E-state index contributed by atoms with van der Waals surface area (Å²) in [7, 11) is 0. The van der Waals surface area contributed by atoms with Gasteiger partial charge >= 0.3 is 0 Å². The summed E-state index contributed by atoms with van der Waals surface area (Å²) in [5.41, 5.74) is 7.73. The second-order valence-electron chi connectivity index (χ2n) is 5.62. The van der Waals surface area contributed by atoms with E-state index in [2.05, 4.69) is 18.0 Å². The molecule has 0 atom stereocenters. The smallest absolute Gasteiger partial charge is 0.123 e. The van der Waals surface area contributed by atoms with E-state index in [9.17, 15) is 4.39 Å². The fraction of sp³-hybridized carbons (Fsp3) is 0.412. The van der Waals surface area contributed by atoms with Gasteiger partial charge in [0.25, 0.3) is 0 Å². The van der Waals surface area contributed by atoms with Gasteiger partial charge in [-0.2, -0.15) is 0 Å². The van der Waals surface area contributed by atoms with Crippen LogP contribution in [0, 0.1) is 11.2 Å². The molecule has 0 unspecified atom stereocenters. The second-order valence-corrected chi connectivity index (χ2v) is 5.62. The molecule has 1 aromatic rings. The summed E-state index contributed by atoms with van der Waals surface area (Å²) in [6, 6.07) is 4.48. The van der Waals surface area contributed by atoms with E-state index in [-0.39, 0.29) is 5.82 Å². The number of nitrogens with one attached hydrogen (secondary N) is 1. The van der Waals surface area contributed by atoms with Gasteiger partial charge in [0.2, 0.25) is 0 Å². The Labute approximate surface area is 120 Å². The Balaban J connectivity index is 1.79. The highest BCUT2D eigenvalue weighted by Crippen LogP contribution is 2.52.